The molecule has 0 aliphatic carbocycles. The maximum Gasteiger partial charge on any atom is 0.147 e. The third-order valence-corrected chi connectivity index (χ3v) is 1.75. The summed E-state index contributed by atoms with van der Waals surface area (Å²) >= 11 is 0. The first-order valence-corrected chi connectivity index (χ1v) is 3.61. The monoisotopic (exact) mass is 162 g/mol. The molecule has 0 unspecified atom stereocenters. The van der Waals surface area contributed by atoms with Gasteiger partial charge in [-0.1, -0.05) is 0 Å². The number of aromatic nitrogens is 1. The van der Waals surface area contributed by atoms with Crippen molar-refractivity contribution in [2.75, 3.05) is 7.11 Å². The second kappa shape index (κ2) is 3.22. The third kappa shape index (κ3) is 1.24. The highest BCUT2D eigenvalue weighted by Crippen LogP contribution is 2.22. The van der Waals surface area contributed by atoms with Crippen molar-refractivity contribution in [2.24, 2.45) is 0 Å². The Bertz CT molecular complexity index is 339. The van der Waals surface area contributed by atoms with Crippen LogP contribution < -0.4 is 4.74 Å². The summed E-state index contributed by atoms with van der Waals surface area (Å²) in [5, 5.41) is 8.66. The predicted octanol–water partition coefficient (Wildman–Crippen LogP) is 1.58. The van der Waals surface area contributed by atoms with Crippen LogP contribution in [0.1, 0.15) is 16.8 Å². The average molecular weight is 162 g/mol. The van der Waals surface area contributed by atoms with Gasteiger partial charge in [0.2, 0.25) is 0 Å². The highest BCUT2D eigenvalue weighted by Gasteiger charge is 2.07. The van der Waals surface area contributed by atoms with Crippen molar-refractivity contribution in [3.05, 3.63) is 23.0 Å². The van der Waals surface area contributed by atoms with Crippen LogP contribution in [0.5, 0.6) is 5.75 Å². The van der Waals surface area contributed by atoms with E-state index in [0.29, 0.717) is 5.69 Å². The topological polar surface area (TPSA) is 45.9 Å². The number of nitrogens with zero attached hydrogens (tertiary/aromatic N) is 2. The molecule has 1 aromatic rings. The van der Waals surface area contributed by atoms with E-state index in [1.54, 1.807) is 13.3 Å². The standard InChI is InChI=1S/C9H10N2O/c1-6-5-11-8(4-10)7(2)9(6)12-3/h5H,1-3H3. The van der Waals surface area contributed by atoms with Crippen molar-refractivity contribution in [1.82, 2.24) is 4.98 Å². The van der Waals surface area contributed by atoms with Gasteiger partial charge in [-0.25, -0.2) is 4.98 Å². The molecule has 3 heteroatoms. The lowest BCUT2D eigenvalue weighted by Gasteiger charge is -2.07. The van der Waals surface area contributed by atoms with E-state index in [9.17, 15) is 0 Å². The Hall–Kier alpha value is -1.56. The second-order valence-corrected chi connectivity index (χ2v) is 2.56. The molecule has 0 saturated carbocycles. The number of methoxy groups -OCH3 is 1. The minimum atomic E-state index is 0.428. The lowest BCUT2D eigenvalue weighted by molar-refractivity contribution is 0.407. The molecule has 0 radical (unpaired) electrons. The SMILES string of the molecule is COc1c(C)cnc(C#N)c1C. The van der Waals surface area contributed by atoms with Crippen LogP contribution in [0.15, 0.2) is 6.20 Å². The van der Waals surface area contributed by atoms with Gasteiger partial charge in [-0.2, -0.15) is 5.26 Å². The molecule has 0 amide bonds. The Balaban J connectivity index is 3.36. The Morgan fingerprint density at radius 3 is 2.67 bits per heavy atom. The molecule has 3 nitrogen and oxygen atoms in total. The smallest absolute Gasteiger partial charge is 0.147 e. The van der Waals surface area contributed by atoms with Gasteiger partial charge in [-0.05, 0) is 13.8 Å². The number of rotatable bonds is 1. The Morgan fingerprint density at radius 1 is 1.50 bits per heavy atom. The predicted molar refractivity (Wildman–Crippen MR) is 45.0 cm³/mol. The van der Waals surface area contributed by atoms with Crippen molar-refractivity contribution in [1.29, 1.82) is 5.26 Å². The first kappa shape index (κ1) is 8.54. The van der Waals surface area contributed by atoms with Crippen LogP contribution in [0.4, 0.5) is 0 Å². The zero-order valence-corrected chi connectivity index (χ0v) is 7.38. The van der Waals surface area contributed by atoms with Crippen LogP contribution in [0, 0.1) is 25.2 Å². The number of nitriles is 1. The van der Waals surface area contributed by atoms with E-state index in [1.807, 2.05) is 19.9 Å². The zero-order valence-electron chi connectivity index (χ0n) is 7.38. The Kier molecular flexibility index (Phi) is 2.29. The summed E-state index contributed by atoms with van der Waals surface area (Å²) in [6.45, 7) is 3.73. The van der Waals surface area contributed by atoms with Crippen LogP contribution in [-0.2, 0) is 0 Å². The van der Waals surface area contributed by atoms with E-state index in [1.165, 1.54) is 0 Å². The molecule has 0 bridgehead atoms. The summed E-state index contributed by atoms with van der Waals surface area (Å²) in [7, 11) is 1.59. The largest absolute Gasteiger partial charge is 0.496 e. The minimum absolute atomic E-state index is 0.428. The van der Waals surface area contributed by atoms with Gasteiger partial charge in [0.1, 0.15) is 17.5 Å². The lowest BCUT2D eigenvalue weighted by atomic mass is 10.1. The Morgan fingerprint density at radius 2 is 2.17 bits per heavy atom. The summed E-state index contributed by atoms with van der Waals surface area (Å²) < 4.78 is 5.13. The number of pyridine rings is 1. The first-order chi connectivity index (χ1) is 5.70. The van der Waals surface area contributed by atoms with Crippen molar-refractivity contribution < 1.29 is 4.74 Å². The second-order valence-electron chi connectivity index (χ2n) is 2.56. The van der Waals surface area contributed by atoms with Gasteiger partial charge in [0.25, 0.3) is 0 Å². The molecule has 0 aromatic carbocycles. The molecular weight excluding hydrogens is 152 g/mol. The molecule has 0 N–H and O–H groups in total. The fourth-order valence-electron chi connectivity index (χ4n) is 1.15. The molecule has 0 spiro atoms. The van der Waals surface area contributed by atoms with Gasteiger partial charge < -0.3 is 4.74 Å². The van der Waals surface area contributed by atoms with Crippen molar-refractivity contribution in [3.63, 3.8) is 0 Å². The zero-order chi connectivity index (χ0) is 9.14. The van der Waals surface area contributed by atoms with E-state index in [4.69, 9.17) is 10.00 Å². The van der Waals surface area contributed by atoms with Crippen LogP contribution in [0.2, 0.25) is 0 Å². The van der Waals surface area contributed by atoms with Gasteiger partial charge >= 0.3 is 0 Å². The van der Waals surface area contributed by atoms with Crippen LogP contribution in [0.25, 0.3) is 0 Å². The molecule has 0 saturated heterocycles. The van der Waals surface area contributed by atoms with Gasteiger partial charge in [-0.3, -0.25) is 0 Å². The summed E-state index contributed by atoms with van der Waals surface area (Å²) in [5.74, 6) is 0.751. The summed E-state index contributed by atoms with van der Waals surface area (Å²) in [5.41, 5.74) is 2.19. The van der Waals surface area contributed by atoms with Gasteiger partial charge in [0.05, 0.1) is 7.11 Å². The van der Waals surface area contributed by atoms with E-state index < -0.39 is 0 Å². The third-order valence-electron chi connectivity index (χ3n) is 1.75. The maximum atomic E-state index is 8.66. The lowest BCUT2D eigenvalue weighted by Crippen LogP contribution is -1.96. The van der Waals surface area contributed by atoms with Crippen molar-refractivity contribution >= 4 is 0 Å². The van der Waals surface area contributed by atoms with Gasteiger partial charge in [0, 0.05) is 17.3 Å². The van der Waals surface area contributed by atoms with Crippen LogP contribution in [0.3, 0.4) is 0 Å². The fraction of sp³-hybridized carbons (Fsp3) is 0.333. The summed E-state index contributed by atoms with van der Waals surface area (Å²) in [6, 6.07) is 2.01. The molecule has 0 aliphatic rings. The molecule has 12 heavy (non-hydrogen) atoms. The molecule has 1 aromatic heterocycles. The number of hydrogen-bond acceptors (Lipinski definition) is 3. The number of hydrogen-bond donors (Lipinski definition) is 0. The molecule has 0 atom stereocenters. The van der Waals surface area contributed by atoms with E-state index in [-0.39, 0.29) is 0 Å². The number of aryl methyl sites for hydroxylation is 1. The van der Waals surface area contributed by atoms with Crippen molar-refractivity contribution in [3.8, 4) is 11.8 Å². The number of ether oxygens (including phenoxy) is 1. The van der Waals surface area contributed by atoms with Gasteiger partial charge in [0.15, 0.2) is 0 Å². The first-order valence-electron chi connectivity index (χ1n) is 3.61. The van der Waals surface area contributed by atoms with E-state index >= 15 is 0 Å². The molecular formula is C9H10N2O. The fourth-order valence-corrected chi connectivity index (χ4v) is 1.15. The van der Waals surface area contributed by atoms with Crippen molar-refractivity contribution in [2.45, 2.75) is 13.8 Å². The van der Waals surface area contributed by atoms with Gasteiger partial charge in [-0.15, -0.1) is 0 Å². The average Bonchev–Trinajstić information content (AvgIpc) is 2.06. The summed E-state index contributed by atoms with van der Waals surface area (Å²) in [6.07, 6.45) is 1.64. The molecule has 1 rings (SSSR count). The quantitative estimate of drug-likeness (QED) is 0.629. The molecule has 1 heterocycles. The molecule has 62 valence electrons. The minimum Gasteiger partial charge on any atom is -0.496 e. The summed E-state index contributed by atoms with van der Waals surface area (Å²) in [4.78, 5) is 3.96. The maximum absolute atomic E-state index is 8.66. The molecule has 0 aliphatic heterocycles. The van der Waals surface area contributed by atoms with Crippen LogP contribution in [-0.4, -0.2) is 12.1 Å². The Labute approximate surface area is 71.6 Å². The normalized spacial score (nSPS) is 9.17. The molecule has 0 fully saturated rings. The van der Waals surface area contributed by atoms with E-state index in [2.05, 4.69) is 4.98 Å². The highest BCUT2D eigenvalue weighted by atomic mass is 16.5. The van der Waals surface area contributed by atoms with Crippen LogP contribution >= 0.6 is 0 Å². The van der Waals surface area contributed by atoms with E-state index in [0.717, 1.165) is 16.9 Å². The highest BCUT2D eigenvalue weighted by molar-refractivity contribution is 5.45.